The molecule has 0 saturated carbocycles. The first kappa shape index (κ1) is 20.4. The molecule has 156 valence electrons. The monoisotopic (exact) mass is 421 g/mol. The van der Waals surface area contributed by atoms with Gasteiger partial charge in [-0.25, -0.2) is 0 Å². The molecule has 0 amide bonds. The van der Waals surface area contributed by atoms with E-state index in [4.69, 9.17) is 21.4 Å². The fourth-order valence-electron chi connectivity index (χ4n) is 3.83. The lowest BCUT2D eigenvalue weighted by molar-refractivity contribution is 0.271. The van der Waals surface area contributed by atoms with E-state index in [-0.39, 0.29) is 12.1 Å². The van der Waals surface area contributed by atoms with E-state index in [1.54, 1.807) is 0 Å². The van der Waals surface area contributed by atoms with Crippen LogP contribution in [-0.4, -0.2) is 28.1 Å². The Hall–Kier alpha value is -2.86. The Kier molecular flexibility index (Phi) is 6.33. The average molecular weight is 422 g/mol. The molecule has 3 heterocycles. The summed E-state index contributed by atoms with van der Waals surface area (Å²) in [6.07, 6.45) is 3.99. The number of nitrogens with zero attached hydrogens (tertiary/aromatic N) is 2. The molecule has 6 heteroatoms. The van der Waals surface area contributed by atoms with Gasteiger partial charge in [0.25, 0.3) is 0 Å². The first-order valence-electron chi connectivity index (χ1n) is 10.5. The molecular formula is C24H27N3O2S. The molecule has 3 aromatic rings. The molecule has 1 fully saturated rings. The predicted molar refractivity (Wildman–Crippen MR) is 122 cm³/mol. The van der Waals surface area contributed by atoms with E-state index in [2.05, 4.69) is 28.2 Å². The van der Waals surface area contributed by atoms with E-state index in [0.717, 1.165) is 53.0 Å². The summed E-state index contributed by atoms with van der Waals surface area (Å²) in [6.45, 7) is 5.71. The molecule has 0 aliphatic carbocycles. The highest BCUT2D eigenvalue weighted by molar-refractivity contribution is 7.80. The maximum absolute atomic E-state index is 6.35. The minimum Gasteiger partial charge on any atom is -0.494 e. The third-order valence-electron chi connectivity index (χ3n) is 5.32. The Labute approximate surface area is 183 Å². The van der Waals surface area contributed by atoms with Crippen LogP contribution in [-0.2, 0) is 0 Å². The van der Waals surface area contributed by atoms with Crippen LogP contribution >= 0.6 is 12.2 Å². The second-order valence-electron chi connectivity index (χ2n) is 7.33. The topological polar surface area (TPSA) is 50.5 Å². The van der Waals surface area contributed by atoms with E-state index >= 15 is 0 Å². The minimum atomic E-state index is -0.0464. The number of pyridine rings is 1. The van der Waals surface area contributed by atoms with Gasteiger partial charge in [-0.2, -0.15) is 0 Å². The van der Waals surface area contributed by atoms with E-state index in [1.165, 1.54) is 0 Å². The van der Waals surface area contributed by atoms with Crippen LogP contribution in [0.4, 0.5) is 0 Å². The van der Waals surface area contributed by atoms with E-state index in [9.17, 15) is 0 Å². The van der Waals surface area contributed by atoms with Gasteiger partial charge in [0.1, 0.15) is 23.3 Å². The van der Waals surface area contributed by atoms with Crippen molar-refractivity contribution in [2.24, 2.45) is 0 Å². The molecule has 1 N–H and O–H groups in total. The highest BCUT2D eigenvalue weighted by atomic mass is 32.1. The van der Waals surface area contributed by atoms with Gasteiger partial charge in [0.2, 0.25) is 0 Å². The summed E-state index contributed by atoms with van der Waals surface area (Å²) < 4.78 is 11.9. The van der Waals surface area contributed by atoms with Crippen molar-refractivity contribution >= 4 is 17.3 Å². The summed E-state index contributed by atoms with van der Waals surface area (Å²) in [5.41, 5.74) is 1.98. The van der Waals surface area contributed by atoms with Gasteiger partial charge < -0.3 is 19.4 Å². The lowest BCUT2D eigenvalue weighted by atomic mass is 10.0. The quantitative estimate of drug-likeness (QED) is 0.484. The number of nitrogens with one attached hydrogen (secondary N) is 1. The SMILES string of the molecule is CCCCN1C(=S)N[C@@H](c2ccccn2)[C@H]1c1ccc(-c2ccc(OCC)cc2)o1. The van der Waals surface area contributed by atoms with Crippen LogP contribution in [0, 0.1) is 0 Å². The number of ether oxygens (including phenoxy) is 1. The highest BCUT2D eigenvalue weighted by Gasteiger charge is 2.41. The first-order valence-corrected chi connectivity index (χ1v) is 10.9. The lowest BCUT2D eigenvalue weighted by Crippen LogP contribution is -2.30. The second kappa shape index (κ2) is 9.30. The Morgan fingerprint density at radius 2 is 1.93 bits per heavy atom. The third kappa shape index (κ3) is 4.19. The third-order valence-corrected chi connectivity index (χ3v) is 5.67. The van der Waals surface area contributed by atoms with Crippen LogP contribution in [0.3, 0.4) is 0 Å². The number of furan rings is 1. The van der Waals surface area contributed by atoms with E-state index in [1.807, 2.05) is 61.7 Å². The van der Waals surface area contributed by atoms with Crippen LogP contribution in [0.2, 0.25) is 0 Å². The van der Waals surface area contributed by atoms with Gasteiger partial charge in [-0.1, -0.05) is 19.4 Å². The molecule has 0 radical (unpaired) electrons. The lowest BCUT2D eigenvalue weighted by Gasteiger charge is -2.25. The van der Waals surface area contributed by atoms with Gasteiger partial charge in [-0.15, -0.1) is 0 Å². The van der Waals surface area contributed by atoms with E-state index in [0.29, 0.717) is 6.61 Å². The molecule has 1 aliphatic rings. The molecule has 30 heavy (non-hydrogen) atoms. The van der Waals surface area contributed by atoms with Crippen molar-refractivity contribution in [1.82, 2.24) is 15.2 Å². The van der Waals surface area contributed by atoms with Crippen molar-refractivity contribution in [1.29, 1.82) is 0 Å². The predicted octanol–water partition coefficient (Wildman–Crippen LogP) is 5.51. The number of hydrogen-bond acceptors (Lipinski definition) is 4. The fraction of sp³-hybridized carbons (Fsp3) is 0.333. The molecule has 0 spiro atoms. The van der Waals surface area contributed by atoms with E-state index < -0.39 is 0 Å². The molecule has 0 unspecified atom stereocenters. The first-order chi connectivity index (χ1) is 14.7. The molecule has 1 saturated heterocycles. The summed E-state index contributed by atoms with van der Waals surface area (Å²) in [5.74, 6) is 2.58. The number of aromatic nitrogens is 1. The van der Waals surface area contributed by atoms with Crippen LogP contribution in [0.1, 0.15) is 50.2 Å². The molecule has 2 aromatic heterocycles. The number of thiocarbonyl (C=S) groups is 1. The minimum absolute atomic E-state index is 0.0320. The smallest absolute Gasteiger partial charge is 0.170 e. The molecule has 1 aromatic carbocycles. The second-order valence-corrected chi connectivity index (χ2v) is 7.72. The zero-order valence-corrected chi connectivity index (χ0v) is 18.2. The Balaban J connectivity index is 1.65. The van der Waals surface area contributed by atoms with Crippen LogP contribution in [0.15, 0.2) is 65.2 Å². The maximum atomic E-state index is 6.35. The van der Waals surface area contributed by atoms with Crippen molar-refractivity contribution in [3.63, 3.8) is 0 Å². The van der Waals surface area contributed by atoms with Gasteiger partial charge in [0.05, 0.1) is 18.3 Å². The van der Waals surface area contributed by atoms with Crippen LogP contribution < -0.4 is 10.1 Å². The molecule has 1 aliphatic heterocycles. The van der Waals surface area contributed by atoms with Gasteiger partial charge in [-0.3, -0.25) is 4.98 Å². The van der Waals surface area contributed by atoms with Crippen molar-refractivity contribution in [2.75, 3.05) is 13.2 Å². The number of benzene rings is 1. The Morgan fingerprint density at radius 1 is 1.10 bits per heavy atom. The zero-order valence-electron chi connectivity index (χ0n) is 17.4. The summed E-state index contributed by atoms with van der Waals surface area (Å²) in [7, 11) is 0. The molecule has 0 bridgehead atoms. The number of hydrogen-bond donors (Lipinski definition) is 1. The maximum Gasteiger partial charge on any atom is 0.170 e. The van der Waals surface area contributed by atoms with Crippen molar-refractivity contribution in [3.05, 3.63) is 72.2 Å². The number of rotatable bonds is 8. The van der Waals surface area contributed by atoms with Crippen molar-refractivity contribution in [3.8, 4) is 17.1 Å². The van der Waals surface area contributed by atoms with Crippen molar-refractivity contribution in [2.45, 2.75) is 38.8 Å². The summed E-state index contributed by atoms with van der Waals surface area (Å²) in [4.78, 5) is 6.81. The van der Waals surface area contributed by atoms with Gasteiger partial charge in [0.15, 0.2) is 5.11 Å². The molecule has 5 nitrogen and oxygen atoms in total. The van der Waals surface area contributed by atoms with Crippen LogP contribution in [0.25, 0.3) is 11.3 Å². The van der Waals surface area contributed by atoms with Gasteiger partial charge >= 0.3 is 0 Å². The molecule has 4 rings (SSSR count). The largest absolute Gasteiger partial charge is 0.494 e. The van der Waals surface area contributed by atoms with Crippen LogP contribution in [0.5, 0.6) is 5.75 Å². The summed E-state index contributed by atoms with van der Waals surface area (Å²) >= 11 is 5.68. The Morgan fingerprint density at radius 3 is 2.63 bits per heavy atom. The zero-order chi connectivity index (χ0) is 20.9. The van der Waals surface area contributed by atoms with Gasteiger partial charge in [-0.05, 0) is 74.1 Å². The fourth-order valence-corrected chi connectivity index (χ4v) is 4.16. The standard InChI is InChI=1S/C24H27N3O2S/c1-3-5-16-27-23(22(26-24(27)30)19-8-6-7-15-25-19)21-14-13-20(29-21)17-9-11-18(12-10-17)28-4-2/h6-15,22-23H,3-5,16H2,1-2H3,(H,26,30)/t22-,23+/m0/s1. The Bertz CT molecular complexity index is 972. The average Bonchev–Trinajstić information content (AvgIpc) is 3.38. The van der Waals surface area contributed by atoms with Gasteiger partial charge in [0, 0.05) is 18.3 Å². The summed E-state index contributed by atoms with van der Waals surface area (Å²) in [5, 5.41) is 4.22. The molecule has 2 atom stereocenters. The molecular weight excluding hydrogens is 394 g/mol. The normalized spacial score (nSPS) is 18.5. The summed E-state index contributed by atoms with van der Waals surface area (Å²) in [6, 6.07) is 18.0. The number of unbranched alkanes of at least 4 members (excludes halogenated alkanes) is 1. The highest BCUT2D eigenvalue weighted by Crippen LogP contribution is 2.40. The van der Waals surface area contributed by atoms with Crippen molar-refractivity contribution < 1.29 is 9.15 Å².